The van der Waals surface area contributed by atoms with Crippen LogP contribution in [0.1, 0.15) is 13.3 Å². The fourth-order valence-electron chi connectivity index (χ4n) is 2.84. The Morgan fingerprint density at radius 2 is 1.92 bits per heavy atom. The minimum atomic E-state index is -0.0221. The molecule has 1 aromatic heterocycles. The number of aromatic nitrogens is 2. The second-order valence-electron chi connectivity index (χ2n) is 5.71. The third kappa shape index (κ3) is 3.89. The number of fused-ring (bicyclic) bond motifs is 1. The van der Waals surface area contributed by atoms with Crippen LogP contribution in [-0.2, 0) is 11.3 Å². The van der Waals surface area contributed by atoms with E-state index < -0.39 is 0 Å². The van der Waals surface area contributed by atoms with Crippen molar-refractivity contribution in [3.8, 4) is 6.07 Å². The number of carbonyl (C=O) groups is 1. The number of aryl methyl sites for hydroxylation is 1. The summed E-state index contributed by atoms with van der Waals surface area (Å²) in [6, 6.07) is 19.6. The molecular weight excluding hydrogens is 344 g/mol. The molecular formula is C20H20N4OS. The molecule has 0 saturated carbocycles. The van der Waals surface area contributed by atoms with Gasteiger partial charge in [-0.25, -0.2) is 4.98 Å². The molecule has 0 aliphatic rings. The van der Waals surface area contributed by atoms with E-state index in [0.29, 0.717) is 13.0 Å². The zero-order chi connectivity index (χ0) is 18.4. The number of benzene rings is 2. The van der Waals surface area contributed by atoms with Crippen LogP contribution in [0.4, 0.5) is 5.69 Å². The SMILES string of the molecule is CCn1c(SCC(=O)N(CCC#N)c2ccccc2)nc2ccccc21. The summed E-state index contributed by atoms with van der Waals surface area (Å²) in [7, 11) is 0. The van der Waals surface area contributed by atoms with E-state index in [2.05, 4.69) is 22.5 Å². The number of nitriles is 1. The highest BCUT2D eigenvalue weighted by atomic mass is 32.2. The molecule has 0 atom stereocenters. The van der Waals surface area contributed by atoms with E-state index in [1.807, 2.05) is 54.6 Å². The summed E-state index contributed by atoms with van der Waals surface area (Å²) in [4.78, 5) is 19.1. The summed E-state index contributed by atoms with van der Waals surface area (Å²) in [5.41, 5.74) is 2.83. The Kier molecular flexibility index (Phi) is 5.92. The van der Waals surface area contributed by atoms with E-state index in [4.69, 9.17) is 5.26 Å². The summed E-state index contributed by atoms with van der Waals surface area (Å²) in [5, 5.41) is 9.74. The third-order valence-corrected chi connectivity index (χ3v) is 5.04. The number of anilines is 1. The van der Waals surface area contributed by atoms with Crippen LogP contribution in [0.15, 0.2) is 59.8 Å². The lowest BCUT2D eigenvalue weighted by Gasteiger charge is -2.21. The summed E-state index contributed by atoms with van der Waals surface area (Å²) in [6.45, 7) is 3.27. The molecule has 0 saturated heterocycles. The molecule has 0 bridgehead atoms. The molecule has 0 spiro atoms. The van der Waals surface area contributed by atoms with Crippen LogP contribution in [0.5, 0.6) is 0 Å². The van der Waals surface area contributed by atoms with Crippen molar-refractivity contribution >= 4 is 34.4 Å². The molecule has 0 aliphatic carbocycles. The Labute approximate surface area is 157 Å². The molecule has 5 nitrogen and oxygen atoms in total. The lowest BCUT2D eigenvalue weighted by molar-refractivity contribution is -0.116. The van der Waals surface area contributed by atoms with E-state index in [1.165, 1.54) is 11.8 Å². The minimum Gasteiger partial charge on any atom is -0.319 e. The first kappa shape index (κ1) is 18.0. The van der Waals surface area contributed by atoms with Gasteiger partial charge < -0.3 is 9.47 Å². The van der Waals surface area contributed by atoms with Gasteiger partial charge in [-0.05, 0) is 31.2 Å². The predicted octanol–water partition coefficient (Wildman–Crippen LogP) is 4.10. The molecule has 0 aliphatic heterocycles. The number of hydrogen-bond acceptors (Lipinski definition) is 4. The Morgan fingerprint density at radius 3 is 2.65 bits per heavy atom. The van der Waals surface area contributed by atoms with E-state index in [-0.39, 0.29) is 11.7 Å². The summed E-state index contributed by atoms with van der Waals surface area (Å²) < 4.78 is 2.12. The number of imidazole rings is 1. The first-order valence-electron chi connectivity index (χ1n) is 8.55. The maximum Gasteiger partial charge on any atom is 0.237 e. The lowest BCUT2D eigenvalue weighted by Crippen LogP contribution is -2.33. The molecule has 0 fully saturated rings. The van der Waals surface area contributed by atoms with Crippen molar-refractivity contribution in [1.29, 1.82) is 5.26 Å². The fraction of sp³-hybridized carbons (Fsp3) is 0.250. The molecule has 3 aromatic rings. The molecule has 2 aromatic carbocycles. The largest absolute Gasteiger partial charge is 0.319 e. The van der Waals surface area contributed by atoms with Gasteiger partial charge in [0, 0.05) is 18.8 Å². The predicted molar refractivity (Wildman–Crippen MR) is 105 cm³/mol. The van der Waals surface area contributed by atoms with Crippen LogP contribution in [0.2, 0.25) is 0 Å². The number of amides is 1. The smallest absolute Gasteiger partial charge is 0.237 e. The second-order valence-corrected chi connectivity index (χ2v) is 6.65. The van der Waals surface area contributed by atoms with Crippen LogP contribution in [0.25, 0.3) is 11.0 Å². The molecule has 3 rings (SSSR count). The van der Waals surface area contributed by atoms with E-state index >= 15 is 0 Å². The van der Waals surface area contributed by atoms with Gasteiger partial charge in [0.15, 0.2) is 5.16 Å². The Hall–Kier alpha value is -2.78. The van der Waals surface area contributed by atoms with Gasteiger partial charge in [-0.15, -0.1) is 0 Å². The lowest BCUT2D eigenvalue weighted by atomic mass is 10.2. The molecule has 1 heterocycles. The summed E-state index contributed by atoms with van der Waals surface area (Å²) in [6.07, 6.45) is 0.304. The van der Waals surface area contributed by atoms with Crippen molar-refractivity contribution in [1.82, 2.24) is 9.55 Å². The van der Waals surface area contributed by atoms with Gasteiger partial charge >= 0.3 is 0 Å². The van der Waals surface area contributed by atoms with Gasteiger partial charge in [-0.3, -0.25) is 4.79 Å². The Balaban J connectivity index is 1.77. The average molecular weight is 364 g/mol. The van der Waals surface area contributed by atoms with E-state index in [1.54, 1.807) is 4.90 Å². The number of carbonyl (C=O) groups excluding carboxylic acids is 1. The highest BCUT2D eigenvalue weighted by Gasteiger charge is 2.17. The molecule has 0 radical (unpaired) electrons. The molecule has 0 N–H and O–H groups in total. The van der Waals surface area contributed by atoms with Crippen LogP contribution >= 0.6 is 11.8 Å². The van der Waals surface area contributed by atoms with Gasteiger partial charge in [-0.2, -0.15) is 5.26 Å². The topological polar surface area (TPSA) is 61.9 Å². The second kappa shape index (κ2) is 8.54. The van der Waals surface area contributed by atoms with Gasteiger partial charge in [0.1, 0.15) is 0 Å². The minimum absolute atomic E-state index is 0.0221. The fourth-order valence-corrected chi connectivity index (χ4v) is 3.80. The van der Waals surface area contributed by atoms with Gasteiger partial charge in [-0.1, -0.05) is 42.1 Å². The highest BCUT2D eigenvalue weighted by Crippen LogP contribution is 2.25. The molecule has 0 unspecified atom stereocenters. The molecule has 6 heteroatoms. The number of rotatable bonds is 7. The van der Waals surface area contributed by atoms with E-state index in [0.717, 1.165) is 28.4 Å². The standard InChI is InChI=1S/C20H20N4OS/c1-2-23-18-12-7-6-11-17(18)22-20(23)26-15-19(25)24(14-8-13-21)16-9-4-3-5-10-16/h3-7,9-12H,2,8,14-15H2,1H3. The van der Waals surface area contributed by atoms with E-state index in [9.17, 15) is 4.79 Å². The van der Waals surface area contributed by atoms with Crippen molar-refractivity contribution in [2.75, 3.05) is 17.2 Å². The molecule has 26 heavy (non-hydrogen) atoms. The first-order valence-corrected chi connectivity index (χ1v) is 9.53. The van der Waals surface area contributed by atoms with Crippen molar-refractivity contribution in [3.05, 3.63) is 54.6 Å². The van der Waals surface area contributed by atoms with Crippen LogP contribution in [-0.4, -0.2) is 27.8 Å². The molecule has 132 valence electrons. The normalized spacial score (nSPS) is 10.6. The monoisotopic (exact) mass is 364 g/mol. The number of nitrogens with zero attached hydrogens (tertiary/aromatic N) is 4. The van der Waals surface area contributed by atoms with Crippen molar-refractivity contribution in [2.24, 2.45) is 0 Å². The van der Waals surface area contributed by atoms with Crippen LogP contribution < -0.4 is 4.90 Å². The maximum atomic E-state index is 12.8. The van der Waals surface area contributed by atoms with Crippen LogP contribution in [0.3, 0.4) is 0 Å². The maximum absolute atomic E-state index is 12.8. The third-order valence-electron chi connectivity index (χ3n) is 4.08. The molecule has 1 amide bonds. The Morgan fingerprint density at radius 1 is 1.19 bits per heavy atom. The van der Waals surface area contributed by atoms with Gasteiger partial charge in [0.25, 0.3) is 0 Å². The number of para-hydroxylation sites is 3. The average Bonchev–Trinajstić information content (AvgIpc) is 3.05. The van der Waals surface area contributed by atoms with Crippen molar-refractivity contribution in [2.45, 2.75) is 25.0 Å². The highest BCUT2D eigenvalue weighted by molar-refractivity contribution is 7.99. The zero-order valence-corrected chi connectivity index (χ0v) is 15.4. The Bertz CT molecular complexity index is 930. The summed E-state index contributed by atoms with van der Waals surface area (Å²) in [5.74, 6) is 0.259. The number of thioether (sulfide) groups is 1. The van der Waals surface area contributed by atoms with Crippen LogP contribution in [0, 0.1) is 11.3 Å². The van der Waals surface area contributed by atoms with Gasteiger partial charge in [0.2, 0.25) is 5.91 Å². The number of hydrogen-bond donors (Lipinski definition) is 0. The van der Waals surface area contributed by atoms with Gasteiger partial charge in [0.05, 0.1) is 29.3 Å². The quantitative estimate of drug-likeness (QED) is 0.592. The zero-order valence-electron chi connectivity index (χ0n) is 14.6. The first-order chi connectivity index (χ1) is 12.7. The van der Waals surface area contributed by atoms with Crippen molar-refractivity contribution < 1.29 is 4.79 Å². The summed E-state index contributed by atoms with van der Waals surface area (Å²) >= 11 is 1.44. The van der Waals surface area contributed by atoms with Crippen molar-refractivity contribution in [3.63, 3.8) is 0 Å².